The van der Waals surface area contributed by atoms with Gasteiger partial charge in [0.1, 0.15) is 6.04 Å². The zero-order chi connectivity index (χ0) is 17.4. The van der Waals surface area contributed by atoms with Gasteiger partial charge in [0.2, 0.25) is 0 Å². The minimum atomic E-state index is -1.31. The third-order valence-electron chi connectivity index (χ3n) is 3.38. The van der Waals surface area contributed by atoms with E-state index in [-0.39, 0.29) is 16.9 Å². The van der Waals surface area contributed by atoms with Crippen molar-refractivity contribution in [2.24, 2.45) is 0 Å². The monoisotopic (exact) mass is 341 g/mol. The van der Waals surface area contributed by atoms with E-state index in [1.807, 2.05) is 44.2 Å². The average Bonchev–Trinajstić information content (AvgIpc) is 2.52. The fourth-order valence-electron chi connectivity index (χ4n) is 2.29. The van der Waals surface area contributed by atoms with Crippen LogP contribution in [0.1, 0.15) is 25.8 Å². The summed E-state index contributed by atoms with van der Waals surface area (Å²) < 4.78 is 17.2. The predicted molar refractivity (Wildman–Crippen MR) is 88.8 cm³/mol. The fourth-order valence-corrected chi connectivity index (χ4v) is 3.80. The molecule has 0 fully saturated rings. The Hall–Kier alpha value is -1.89. The molecule has 2 N–H and O–H groups in total. The van der Waals surface area contributed by atoms with Gasteiger partial charge in [-0.15, -0.1) is 0 Å². The molecule has 1 aromatic rings. The Bertz CT molecular complexity index is 547. The molecule has 6 nitrogen and oxygen atoms in total. The van der Waals surface area contributed by atoms with Gasteiger partial charge in [-0.1, -0.05) is 44.2 Å². The normalized spacial score (nSPS) is 14.8. The van der Waals surface area contributed by atoms with Gasteiger partial charge in [-0.2, -0.15) is 0 Å². The van der Waals surface area contributed by atoms with Crippen molar-refractivity contribution in [2.75, 3.05) is 7.11 Å². The van der Waals surface area contributed by atoms with Crippen molar-refractivity contribution < 1.29 is 23.6 Å². The van der Waals surface area contributed by atoms with Gasteiger partial charge < -0.3 is 15.2 Å². The first-order chi connectivity index (χ1) is 10.8. The van der Waals surface area contributed by atoms with Crippen molar-refractivity contribution in [1.29, 1.82) is 0 Å². The summed E-state index contributed by atoms with van der Waals surface area (Å²) in [5.41, 5.74) is 0.991. The summed E-state index contributed by atoms with van der Waals surface area (Å²) in [7, 11) is -0.00578. The first-order valence-corrected chi connectivity index (χ1v) is 8.63. The van der Waals surface area contributed by atoms with E-state index in [0.717, 1.165) is 5.56 Å². The number of nitrogens with one attached hydrogen (secondary N) is 1. The van der Waals surface area contributed by atoms with E-state index in [9.17, 15) is 13.8 Å². The maximum Gasteiger partial charge on any atom is 0.405 e. The first-order valence-electron chi connectivity index (χ1n) is 7.35. The van der Waals surface area contributed by atoms with Gasteiger partial charge in [-0.3, -0.25) is 4.21 Å². The largest absolute Gasteiger partial charge is 0.467 e. The van der Waals surface area contributed by atoms with Crippen LogP contribution in [0.15, 0.2) is 30.3 Å². The topological polar surface area (TPSA) is 92.7 Å². The van der Waals surface area contributed by atoms with E-state index in [0.29, 0.717) is 6.42 Å². The maximum absolute atomic E-state index is 12.6. The summed E-state index contributed by atoms with van der Waals surface area (Å²) in [5.74, 6) is -0.675. The lowest BCUT2D eigenvalue weighted by molar-refractivity contribution is -0.143. The van der Waals surface area contributed by atoms with E-state index >= 15 is 0 Å². The molecule has 0 saturated carbocycles. The predicted octanol–water partition coefficient (Wildman–Crippen LogP) is 1.95. The number of rotatable bonds is 8. The molecule has 0 radical (unpaired) electrons. The van der Waals surface area contributed by atoms with Crippen LogP contribution in [0.2, 0.25) is 0 Å². The smallest absolute Gasteiger partial charge is 0.405 e. The van der Waals surface area contributed by atoms with Crippen LogP contribution in [-0.4, -0.2) is 45.0 Å². The maximum atomic E-state index is 12.6. The number of methoxy groups -OCH3 is 1. The molecule has 0 aliphatic rings. The fraction of sp³-hybridized carbons (Fsp3) is 0.500. The van der Waals surface area contributed by atoms with Gasteiger partial charge in [-0.05, 0) is 18.4 Å². The molecule has 7 heteroatoms. The highest BCUT2D eigenvalue weighted by Crippen LogP contribution is 2.17. The number of hydrogen-bond donors (Lipinski definition) is 2. The zero-order valence-electron chi connectivity index (χ0n) is 13.5. The summed E-state index contributed by atoms with van der Waals surface area (Å²) in [6, 6.07) is 8.47. The van der Waals surface area contributed by atoms with Crippen LogP contribution in [0.5, 0.6) is 0 Å². The van der Waals surface area contributed by atoms with Crippen molar-refractivity contribution in [1.82, 2.24) is 5.32 Å². The molecule has 0 heterocycles. The minimum absolute atomic E-state index is 0.0909. The van der Waals surface area contributed by atoms with Crippen molar-refractivity contribution in [3.63, 3.8) is 0 Å². The summed E-state index contributed by atoms with van der Waals surface area (Å²) in [6.07, 6.45) is -0.687. The van der Waals surface area contributed by atoms with Gasteiger partial charge in [0, 0.05) is 21.3 Å². The van der Waals surface area contributed by atoms with Crippen molar-refractivity contribution >= 4 is 22.9 Å². The van der Waals surface area contributed by atoms with Gasteiger partial charge in [0.15, 0.2) is 0 Å². The van der Waals surface area contributed by atoms with Crippen LogP contribution in [0.4, 0.5) is 4.79 Å². The van der Waals surface area contributed by atoms with Crippen LogP contribution < -0.4 is 5.32 Å². The number of hydrogen-bond acceptors (Lipinski definition) is 4. The molecule has 128 valence electrons. The molecule has 0 saturated heterocycles. The molecule has 0 aliphatic carbocycles. The SMILES string of the molecule is COC(=O)C(C[C@@H](Cc1ccccc1)S(=O)C(C)C)NC(=O)O. The summed E-state index contributed by atoms with van der Waals surface area (Å²) >= 11 is 0. The Morgan fingerprint density at radius 3 is 2.35 bits per heavy atom. The highest BCUT2D eigenvalue weighted by Gasteiger charge is 2.29. The molecule has 23 heavy (non-hydrogen) atoms. The quantitative estimate of drug-likeness (QED) is 0.705. The Labute approximate surface area is 138 Å². The van der Waals surface area contributed by atoms with E-state index in [4.69, 9.17) is 5.11 Å². The lowest BCUT2D eigenvalue weighted by atomic mass is 10.0. The van der Waals surface area contributed by atoms with Crippen LogP contribution in [0.25, 0.3) is 0 Å². The second kappa shape index (κ2) is 9.29. The number of benzene rings is 1. The Morgan fingerprint density at radius 2 is 1.87 bits per heavy atom. The van der Waals surface area contributed by atoms with E-state index in [2.05, 4.69) is 10.1 Å². The molecular formula is C16H23NO5S. The zero-order valence-corrected chi connectivity index (χ0v) is 14.3. The van der Waals surface area contributed by atoms with Gasteiger partial charge in [-0.25, -0.2) is 9.59 Å². The number of esters is 1. The lowest BCUT2D eigenvalue weighted by Gasteiger charge is -2.23. The Balaban J connectivity index is 2.95. The second-order valence-corrected chi connectivity index (χ2v) is 7.72. The number of carbonyl (C=O) groups is 2. The molecule has 0 aliphatic heterocycles. The van der Waals surface area contributed by atoms with Crippen LogP contribution in [0.3, 0.4) is 0 Å². The van der Waals surface area contributed by atoms with Crippen LogP contribution in [0, 0.1) is 0 Å². The molecule has 0 aromatic heterocycles. The Morgan fingerprint density at radius 1 is 1.26 bits per heavy atom. The minimum Gasteiger partial charge on any atom is -0.467 e. The van der Waals surface area contributed by atoms with Gasteiger partial charge in [0.25, 0.3) is 0 Å². The molecule has 1 rings (SSSR count). The van der Waals surface area contributed by atoms with Crippen molar-refractivity contribution in [3.05, 3.63) is 35.9 Å². The van der Waals surface area contributed by atoms with Gasteiger partial charge >= 0.3 is 12.1 Å². The van der Waals surface area contributed by atoms with Crippen molar-refractivity contribution in [3.8, 4) is 0 Å². The first kappa shape index (κ1) is 19.2. The third-order valence-corrected chi connectivity index (χ3v) is 5.33. The summed E-state index contributed by atoms with van der Waals surface area (Å²) in [5, 5.41) is 10.6. The summed E-state index contributed by atoms with van der Waals surface area (Å²) in [4.78, 5) is 22.7. The molecule has 2 unspecified atom stereocenters. The van der Waals surface area contributed by atoms with Crippen LogP contribution >= 0.6 is 0 Å². The van der Waals surface area contributed by atoms with E-state index in [1.54, 1.807) is 0 Å². The standard InChI is InChI=1S/C16H23NO5S/c1-11(2)23(21)13(9-12-7-5-4-6-8-12)10-14(15(18)22-3)17-16(19)20/h4-8,11,13-14,17H,9-10H2,1-3H3,(H,19,20)/t13-,14?,23?/m1/s1. The molecular weight excluding hydrogens is 318 g/mol. The lowest BCUT2D eigenvalue weighted by Crippen LogP contribution is -2.44. The highest BCUT2D eigenvalue weighted by molar-refractivity contribution is 7.86. The number of carboxylic acid groups (broad SMARTS) is 1. The van der Waals surface area contributed by atoms with Gasteiger partial charge in [0.05, 0.1) is 7.11 Å². The van der Waals surface area contributed by atoms with Crippen molar-refractivity contribution in [2.45, 2.75) is 43.2 Å². The molecule has 0 spiro atoms. The van der Waals surface area contributed by atoms with Crippen LogP contribution in [-0.2, 0) is 26.8 Å². The van der Waals surface area contributed by atoms with E-state index in [1.165, 1.54) is 7.11 Å². The third kappa shape index (κ3) is 6.40. The number of amides is 1. The Kier molecular flexibility index (Phi) is 7.74. The number of ether oxygens (including phenoxy) is 1. The summed E-state index contributed by atoms with van der Waals surface area (Å²) in [6.45, 7) is 3.68. The highest BCUT2D eigenvalue weighted by atomic mass is 32.2. The molecule has 1 amide bonds. The van der Waals surface area contributed by atoms with E-state index < -0.39 is 28.9 Å². The average molecular weight is 341 g/mol. The molecule has 3 atom stereocenters. The second-order valence-electron chi connectivity index (χ2n) is 5.45. The number of carbonyl (C=O) groups excluding carboxylic acids is 1. The molecule has 1 aromatic carbocycles. The molecule has 0 bridgehead atoms.